The van der Waals surface area contributed by atoms with Gasteiger partial charge in [-0.25, -0.2) is 4.39 Å². The molecule has 1 aliphatic carbocycles. The standard InChI is InChI=1S/C14H17FN2S/c1-18-14-4-2-3-13(14)17-9-11-7-12(15)6-5-10(11)8-16/h5-7,13-14,17H,2-4,9H2,1H3. The van der Waals surface area contributed by atoms with E-state index in [9.17, 15) is 4.39 Å². The van der Waals surface area contributed by atoms with E-state index in [1.807, 2.05) is 11.8 Å². The van der Waals surface area contributed by atoms with Gasteiger partial charge in [0.25, 0.3) is 0 Å². The van der Waals surface area contributed by atoms with E-state index in [0.717, 1.165) is 5.56 Å². The summed E-state index contributed by atoms with van der Waals surface area (Å²) in [6, 6.07) is 6.93. The third kappa shape index (κ3) is 3.04. The molecule has 2 rings (SSSR count). The molecule has 0 amide bonds. The number of hydrogen-bond donors (Lipinski definition) is 1. The molecular weight excluding hydrogens is 247 g/mol. The van der Waals surface area contributed by atoms with Crippen LogP contribution < -0.4 is 5.32 Å². The van der Waals surface area contributed by atoms with Gasteiger partial charge in [0.15, 0.2) is 0 Å². The molecule has 1 aromatic rings. The van der Waals surface area contributed by atoms with Crippen molar-refractivity contribution in [2.24, 2.45) is 0 Å². The zero-order chi connectivity index (χ0) is 13.0. The van der Waals surface area contributed by atoms with E-state index in [0.29, 0.717) is 23.4 Å². The van der Waals surface area contributed by atoms with Crippen molar-refractivity contribution in [2.75, 3.05) is 6.26 Å². The van der Waals surface area contributed by atoms with Gasteiger partial charge in [-0.3, -0.25) is 0 Å². The topological polar surface area (TPSA) is 35.8 Å². The third-order valence-corrected chi connectivity index (χ3v) is 4.67. The Morgan fingerprint density at radius 2 is 2.33 bits per heavy atom. The van der Waals surface area contributed by atoms with Gasteiger partial charge in [0.2, 0.25) is 0 Å². The molecule has 1 N–H and O–H groups in total. The van der Waals surface area contributed by atoms with Crippen molar-refractivity contribution in [3.05, 3.63) is 35.1 Å². The molecule has 0 heterocycles. The second-order valence-corrected chi connectivity index (χ2v) is 5.68. The van der Waals surface area contributed by atoms with Crippen LogP contribution in [-0.2, 0) is 6.54 Å². The summed E-state index contributed by atoms with van der Waals surface area (Å²) in [5.41, 5.74) is 1.31. The van der Waals surface area contributed by atoms with Crippen LogP contribution in [0.15, 0.2) is 18.2 Å². The van der Waals surface area contributed by atoms with Gasteiger partial charge < -0.3 is 5.32 Å². The Balaban J connectivity index is 2.02. The number of nitrogens with zero attached hydrogens (tertiary/aromatic N) is 1. The minimum atomic E-state index is -0.279. The Bertz CT molecular complexity index is 456. The molecule has 1 fully saturated rings. The normalized spacial score (nSPS) is 22.9. The highest BCUT2D eigenvalue weighted by Crippen LogP contribution is 2.28. The van der Waals surface area contributed by atoms with E-state index in [-0.39, 0.29) is 5.82 Å². The molecular formula is C14H17FN2S. The van der Waals surface area contributed by atoms with E-state index >= 15 is 0 Å². The molecule has 0 bridgehead atoms. The van der Waals surface area contributed by atoms with Gasteiger partial charge in [-0.15, -0.1) is 0 Å². The zero-order valence-corrected chi connectivity index (χ0v) is 11.3. The fourth-order valence-corrected chi connectivity index (χ4v) is 3.46. The average Bonchev–Trinajstić information content (AvgIpc) is 2.84. The van der Waals surface area contributed by atoms with Crippen molar-refractivity contribution in [1.29, 1.82) is 5.26 Å². The summed E-state index contributed by atoms with van der Waals surface area (Å²) < 4.78 is 13.2. The number of nitrogens with one attached hydrogen (secondary N) is 1. The van der Waals surface area contributed by atoms with Crippen molar-refractivity contribution in [3.8, 4) is 6.07 Å². The predicted octanol–water partition coefficient (Wildman–Crippen LogP) is 3.07. The Morgan fingerprint density at radius 1 is 1.50 bits per heavy atom. The Morgan fingerprint density at radius 3 is 3.06 bits per heavy atom. The summed E-state index contributed by atoms with van der Waals surface area (Å²) in [6.45, 7) is 0.572. The first-order valence-electron chi connectivity index (χ1n) is 6.19. The molecule has 2 nitrogen and oxygen atoms in total. The van der Waals surface area contributed by atoms with Crippen molar-refractivity contribution >= 4 is 11.8 Å². The number of thioether (sulfide) groups is 1. The molecule has 2 atom stereocenters. The lowest BCUT2D eigenvalue weighted by molar-refractivity contribution is 0.529. The van der Waals surface area contributed by atoms with Crippen LogP contribution in [-0.4, -0.2) is 17.5 Å². The molecule has 0 radical (unpaired) electrons. The molecule has 0 spiro atoms. The highest BCUT2D eigenvalue weighted by molar-refractivity contribution is 7.99. The maximum absolute atomic E-state index is 13.2. The fraction of sp³-hybridized carbons (Fsp3) is 0.500. The largest absolute Gasteiger partial charge is 0.309 e. The molecule has 0 saturated heterocycles. The average molecular weight is 264 g/mol. The van der Waals surface area contributed by atoms with Crippen LogP contribution in [0, 0.1) is 17.1 Å². The fourth-order valence-electron chi connectivity index (χ4n) is 2.50. The number of benzene rings is 1. The van der Waals surface area contributed by atoms with Crippen LogP contribution in [0.4, 0.5) is 4.39 Å². The van der Waals surface area contributed by atoms with E-state index in [1.54, 1.807) is 6.07 Å². The van der Waals surface area contributed by atoms with Gasteiger partial charge in [0, 0.05) is 17.8 Å². The molecule has 0 aromatic heterocycles. The summed E-state index contributed by atoms with van der Waals surface area (Å²) in [7, 11) is 0. The Kier molecular flexibility index (Phi) is 4.62. The van der Waals surface area contributed by atoms with E-state index in [2.05, 4.69) is 17.6 Å². The van der Waals surface area contributed by atoms with Crippen LogP contribution in [0.5, 0.6) is 0 Å². The first-order valence-corrected chi connectivity index (χ1v) is 7.48. The van der Waals surface area contributed by atoms with Crippen molar-refractivity contribution in [1.82, 2.24) is 5.32 Å². The van der Waals surface area contributed by atoms with E-state index in [1.165, 1.54) is 31.4 Å². The van der Waals surface area contributed by atoms with Gasteiger partial charge >= 0.3 is 0 Å². The quantitative estimate of drug-likeness (QED) is 0.908. The maximum atomic E-state index is 13.2. The number of nitriles is 1. The first kappa shape index (κ1) is 13.4. The van der Waals surface area contributed by atoms with E-state index in [4.69, 9.17) is 5.26 Å². The molecule has 1 saturated carbocycles. The molecule has 0 aliphatic heterocycles. The Hall–Kier alpha value is -1.05. The number of hydrogen-bond acceptors (Lipinski definition) is 3. The molecule has 1 aliphatic rings. The van der Waals surface area contributed by atoms with Crippen molar-refractivity contribution < 1.29 is 4.39 Å². The van der Waals surface area contributed by atoms with Gasteiger partial charge in [-0.05, 0) is 42.9 Å². The number of rotatable bonds is 4. The summed E-state index contributed by atoms with van der Waals surface area (Å²) >= 11 is 1.89. The van der Waals surface area contributed by atoms with Crippen LogP contribution in [0.3, 0.4) is 0 Å². The lowest BCUT2D eigenvalue weighted by Gasteiger charge is -2.19. The van der Waals surface area contributed by atoms with E-state index < -0.39 is 0 Å². The first-order chi connectivity index (χ1) is 8.74. The predicted molar refractivity (Wildman–Crippen MR) is 72.9 cm³/mol. The number of halogens is 1. The van der Waals surface area contributed by atoms with Crippen molar-refractivity contribution in [3.63, 3.8) is 0 Å². The highest BCUT2D eigenvalue weighted by atomic mass is 32.2. The summed E-state index contributed by atoms with van der Waals surface area (Å²) in [4.78, 5) is 0. The van der Waals surface area contributed by atoms with Crippen LogP contribution in [0.2, 0.25) is 0 Å². The van der Waals surface area contributed by atoms with Gasteiger partial charge in [0.05, 0.1) is 11.6 Å². The molecule has 2 unspecified atom stereocenters. The second-order valence-electron chi connectivity index (χ2n) is 4.61. The second kappa shape index (κ2) is 6.21. The minimum absolute atomic E-state index is 0.279. The third-order valence-electron chi connectivity index (χ3n) is 3.50. The van der Waals surface area contributed by atoms with Crippen LogP contribution in [0.1, 0.15) is 30.4 Å². The summed E-state index contributed by atoms with van der Waals surface area (Å²) in [5.74, 6) is -0.279. The zero-order valence-electron chi connectivity index (χ0n) is 10.4. The molecule has 1 aromatic carbocycles. The summed E-state index contributed by atoms with van der Waals surface area (Å²) in [6.07, 6.45) is 5.79. The van der Waals surface area contributed by atoms with Crippen molar-refractivity contribution in [2.45, 2.75) is 37.1 Å². The van der Waals surface area contributed by atoms with Gasteiger partial charge in [0.1, 0.15) is 5.82 Å². The molecule has 96 valence electrons. The van der Waals surface area contributed by atoms with Crippen LogP contribution in [0.25, 0.3) is 0 Å². The monoisotopic (exact) mass is 264 g/mol. The molecule has 4 heteroatoms. The smallest absolute Gasteiger partial charge is 0.123 e. The van der Waals surface area contributed by atoms with Crippen LogP contribution >= 0.6 is 11.8 Å². The summed E-state index contributed by atoms with van der Waals surface area (Å²) in [5, 5.41) is 13.1. The highest BCUT2D eigenvalue weighted by Gasteiger charge is 2.25. The maximum Gasteiger partial charge on any atom is 0.123 e. The SMILES string of the molecule is CSC1CCCC1NCc1cc(F)ccc1C#N. The Labute approximate surface area is 112 Å². The van der Waals surface area contributed by atoms with Gasteiger partial charge in [-0.2, -0.15) is 17.0 Å². The minimum Gasteiger partial charge on any atom is -0.309 e. The van der Waals surface area contributed by atoms with Gasteiger partial charge in [-0.1, -0.05) is 6.42 Å². The lowest BCUT2D eigenvalue weighted by Crippen LogP contribution is -2.33. The molecule has 18 heavy (non-hydrogen) atoms. The lowest BCUT2D eigenvalue weighted by atomic mass is 10.1.